The van der Waals surface area contributed by atoms with Crippen LogP contribution in [0.3, 0.4) is 0 Å². The smallest absolute Gasteiger partial charge is 0.0155 e. The standard InChI is InChI=1S/C10H19N/c1-8(2)11(7)9(3)10(4,5)6/h1,3H2,2,4-7H3. The van der Waals surface area contributed by atoms with Crippen molar-refractivity contribution in [1.82, 2.24) is 4.90 Å². The van der Waals surface area contributed by atoms with Crippen molar-refractivity contribution in [2.75, 3.05) is 7.05 Å². The highest BCUT2D eigenvalue weighted by Crippen LogP contribution is 2.27. The molecule has 0 aliphatic carbocycles. The molecule has 0 rings (SSSR count). The van der Waals surface area contributed by atoms with Gasteiger partial charge in [0.15, 0.2) is 0 Å². The van der Waals surface area contributed by atoms with Crippen LogP contribution in [0.4, 0.5) is 0 Å². The molecule has 0 aromatic rings. The summed E-state index contributed by atoms with van der Waals surface area (Å²) in [6.45, 7) is 16.3. The van der Waals surface area contributed by atoms with Gasteiger partial charge in [-0.25, -0.2) is 0 Å². The Bertz CT molecular complexity index is 172. The first kappa shape index (κ1) is 10.3. The van der Waals surface area contributed by atoms with Crippen molar-refractivity contribution in [3.05, 3.63) is 24.6 Å². The summed E-state index contributed by atoms with van der Waals surface area (Å²) in [5.74, 6) is 0. The number of hydrogen-bond donors (Lipinski definition) is 0. The summed E-state index contributed by atoms with van der Waals surface area (Å²) in [7, 11) is 2.00. The molecule has 0 heterocycles. The molecule has 0 aliphatic rings. The van der Waals surface area contributed by atoms with Crippen LogP contribution in [0.25, 0.3) is 0 Å². The van der Waals surface area contributed by atoms with Gasteiger partial charge in [-0.3, -0.25) is 0 Å². The summed E-state index contributed by atoms with van der Waals surface area (Å²) < 4.78 is 0. The van der Waals surface area contributed by atoms with Crippen LogP contribution < -0.4 is 0 Å². The van der Waals surface area contributed by atoms with E-state index in [1.54, 1.807) is 0 Å². The molecule has 0 aromatic heterocycles. The second-order valence-electron chi connectivity index (χ2n) is 3.99. The lowest BCUT2D eigenvalue weighted by atomic mass is 9.92. The highest BCUT2D eigenvalue weighted by molar-refractivity contribution is 5.10. The van der Waals surface area contributed by atoms with Crippen LogP contribution in [0.1, 0.15) is 27.7 Å². The van der Waals surface area contributed by atoms with Crippen LogP contribution in [0.5, 0.6) is 0 Å². The molecular weight excluding hydrogens is 134 g/mol. The predicted octanol–water partition coefficient (Wildman–Crippen LogP) is 3.01. The molecule has 0 spiro atoms. The molecule has 11 heavy (non-hydrogen) atoms. The molecule has 0 unspecified atom stereocenters. The Kier molecular flexibility index (Phi) is 2.92. The van der Waals surface area contributed by atoms with E-state index in [4.69, 9.17) is 0 Å². The lowest BCUT2D eigenvalue weighted by Crippen LogP contribution is -2.24. The number of allylic oxidation sites excluding steroid dienone is 2. The van der Waals surface area contributed by atoms with Crippen molar-refractivity contribution in [2.24, 2.45) is 5.41 Å². The quantitative estimate of drug-likeness (QED) is 0.589. The summed E-state index contributed by atoms with van der Waals surface area (Å²) in [4.78, 5) is 2.03. The van der Waals surface area contributed by atoms with Gasteiger partial charge in [-0.2, -0.15) is 0 Å². The fourth-order valence-electron chi connectivity index (χ4n) is 0.734. The predicted molar refractivity (Wildman–Crippen MR) is 51.2 cm³/mol. The molecular formula is C10H19N. The molecule has 0 aliphatic heterocycles. The van der Waals surface area contributed by atoms with Gasteiger partial charge in [-0.1, -0.05) is 33.9 Å². The first-order valence-corrected chi connectivity index (χ1v) is 3.85. The highest BCUT2D eigenvalue weighted by Gasteiger charge is 2.18. The fourth-order valence-corrected chi connectivity index (χ4v) is 0.734. The molecule has 64 valence electrons. The van der Waals surface area contributed by atoms with Gasteiger partial charge >= 0.3 is 0 Å². The highest BCUT2D eigenvalue weighted by atomic mass is 15.1. The molecule has 0 bridgehead atoms. The third-order valence-electron chi connectivity index (χ3n) is 1.84. The Morgan fingerprint density at radius 3 is 1.64 bits per heavy atom. The van der Waals surface area contributed by atoms with Crippen LogP contribution >= 0.6 is 0 Å². The van der Waals surface area contributed by atoms with Crippen molar-refractivity contribution < 1.29 is 0 Å². The minimum Gasteiger partial charge on any atom is -0.353 e. The van der Waals surface area contributed by atoms with E-state index in [2.05, 4.69) is 33.9 Å². The van der Waals surface area contributed by atoms with Crippen LogP contribution in [0.2, 0.25) is 0 Å². The van der Waals surface area contributed by atoms with Crippen molar-refractivity contribution in [3.8, 4) is 0 Å². The van der Waals surface area contributed by atoms with Crippen molar-refractivity contribution >= 4 is 0 Å². The van der Waals surface area contributed by atoms with E-state index in [1.165, 1.54) is 0 Å². The fraction of sp³-hybridized carbons (Fsp3) is 0.600. The van der Waals surface area contributed by atoms with Gasteiger partial charge in [-0.05, 0) is 6.92 Å². The average molecular weight is 153 g/mol. The van der Waals surface area contributed by atoms with Crippen LogP contribution in [-0.2, 0) is 0 Å². The maximum atomic E-state index is 4.01. The SMILES string of the molecule is C=C(C)N(C)C(=C)C(C)(C)C. The Balaban J connectivity index is 4.39. The van der Waals surface area contributed by atoms with Gasteiger partial charge in [0.25, 0.3) is 0 Å². The summed E-state index contributed by atoms with van der Waals surface area (Å²) in [5.41, 5.74) is 2.27. The lowest BCUT2D eigenvalue weighted by Gasteiger charge is -2.31. The van der Waals surface area contributed by atoms with E-state index in [-0.39, 0.29) is 5.41 Å². The second kappa shape index (κ2) is 3.12. The van der Waals surface area contributed by atoms with Crippen LogP contribution in [0.15, 0.2) is 24.6 Å². The van der Waals surface area contributed by atoms with Crippen molar-refractivity contribution in [2.45, 2.75) is 27.7 Å². The Morgan fingerprint density at radius 2 is 1.55 bits per heavy atom. The molecule has 0 saturated heterocycles. The van der Waals surface area contributed by atoms with Crippen LogP contribution in [0, 0.1) is 5.41 Å². The van der Waals surface area contributed by atoms with Gasteiger partial charge in [0, 0.05) is 23.9 Å². The maximum absolute atomic E-state index is 4.01. The van der Waals surface area contributed by atoms with E-state index in [1.807, 2.05) is 18.9 Å². The second-order valence-corrected chi connectivity index (χ2v) is 3.99. The van der Waals surface area contributed by atoms with Gasteiger partial charge in [0.2, 0.25) is 0 Å². The minimum absolute atomic E-state index is 0.133. The Hall–Kier alpha value is -0.720. The van der Waals surface area contributed by atoms with Gasteiger partial charge in [0.05, 0.1) is 0 Å². The maximum Gasteiger partial charge on any atom is 0.0155 e. The van der Waals surface area contributed by atoms with E-state index in [0.717, 1.165) is 11.4 Å². The summed E-state index contributed by atoms with van der Waals surface area (Å²) in [6.07, 6.45) is 0. The summed E-state index contributed by atoms with van der Waals surface area (Å²) in [5, 5.41) is 0. The van der Waals surface area contributed by atoms with E-state index < -0.39 is 0 Å². The van der Waals surface area contributed by atoms with E-state index in [0.29, 0.717) is 0 Å². The normalized spacial score (nSPS) is 11.0. The first-order chi connectivity index (χ1) is 4.76. The van der Waals surface area contributed by atoms with Crippen molar-refractivity contribution in [3.63, 3.8) is 0 Å². The van der Waals surface area contributed by atoms with Gasteiger partial charge < -0.3 is 4.90 Å². The average Bonchev–Trinajstić information content (AvgIpc) is 1.82. The molecule has 0 amide bonds. The molecule has 1 heteroatoms. The Labute approximate surface area is 70.4 Å². The summed E-state index contributed by atoms with van der Waals surface area (Å²) in [6, 6.07) is 0. The zero-order valence-electron chi connectivity index (χ0n) is 8.36. The Morgan fingerprint density at radius 1 is 1.18 bits per heavy atom. The van der Waals surface area contributed by atoms with E-state index >= 15 is 0 Å². The lowest BCUT2D eigenvalue weighted by molar-refractivity contribution is 0.362. The number of hydrogen-bond acceptors (Lipinski definition) is 1. The molecule has 0 radical (unpaired) electrons. The molecule has 0 saturated carbocycles. The van der Waals surface area contributed by atoms with Gasteiger partial charge in [0.1, 0.15) is 0 Å². The monoisotopic (exact) mass is 153 g/mol. The minimum atomic E-state index is 0.133. The number of nitrogens with zero attached hydrogens (tertiary/aromatic N) is 1. The third kappa shape index (κ3) is 2.79. The zero-order valence-corrected chi connectivity index (χ0v) is 8.36. The van der Waals surface area contributed by atoms with Crippen LogP contribution in [-0.4, -0.2) is 11.9 Å². The molecule has 0 fully saturated rings. The molecule has 1 nitrogen and oxygen atoms in total. The molecule has 0 aromatic carbocycles. The third-order valence-corrected chi connectivity index (χ3v) is 1.84. The van der Waals surface area contributed by atoms with Gasteiger partial charge in [-0.15, -0.1) is 0 Å². The number of rotatable bonds is 2. The summed E-state index contributed by atoms with van der Waals surface area (Å²) >= 11 is 0. The largest absolute Gasteiger partial charge is 0.353 e. The topological polar surface area (TPSA) is 3.24 Å². The first-order valence-electron chi connectivity index (χ1n) is 3.85. The van der Waals surface area contributed by atoms with E-state index in [9.17, 15) is 0 Å². The molecule has 0 atom stereocenters. The molecule has 0 N–H and O–H groups in total. The zero-order chi connectivity index (χ0) is 9.23. The van der Waals surface area contributed by atoms with Crippen molar-refractivity contribution in [1.29, 1.82) is 0 Å².